The monoisotopic (exact) mass is 324 g/mol. The summed E-state index contributed by atoms with van der Waals surface area (Å²) >= 11 is 7.21. The molecule has 0 heterocycles. The van der Waals surface area contributed by atoms with Crippen molar-refractivity contribution in [3.05, 3.63) is 11.1 Å². The molecule has 0 bridgehead atoms. The van der Waals surface area contributed by atoms with Crippen molar-refractivity contribution in [3.63, 3.8) is 0 Å². The molecule has 0 aliphatic rings. The molecular weight excluding hydrogens is 304 g/mol. The smallest absolute Gasteiger partial charge is 0.0250 e. The largest absolute Gasteiger partial charge is 0.0880 e. The van der Waals surface area contributed by atoms with Crippen LogP contribution in [0.2, 0.25) is 0 Å². The van der Waals surface area contributed by atoms with Crippen LogP contribution in [0.15, 0.2) is 11.1 Å². The van der Waals surface area contributed by atoms with Gasteiger partial charge in [-0.05, 0) is 10.8 Å². The second-order valence-corrected chi connectivity index (χ2v) is 6.85. The number of hydrogen-bond donors (Lipinski definition) is 0. The van der Waals surface area contributed by atoms with Gasteiger partial charge in [0.2, 0.25) is 0 Å². The van der Waals surface area contributed by atoms with Gasteiger partial charge in [0.05, 0.1) is 0 Å². The number of halogens is 2. The van der Waals surface area contributed by atoms with Gasteiger partial charge in [-0.3, -0.25) is 0 Å². The Balaban J connectivity index is 5.36. The Bertz CT molecular complexity index is 189. The van der Waals surface area contributed by atoms with Crippen LogP contribution >= 0.6 is 31.9 Å². The minimum atomic E-state index is 0.250. The number of allylic oxidation sites excluding steroid dienone is 2. The molecule has 0 fully saturated rings. The van der Waals surface area contributed by atoms with Gasteiger partial charge in [-0.1, -0.05) is 84.5 Å². The highest BCUT2D eigenvalue weighted by Gasteiger charge is 2.26. The molecule has 0 aromatic carbocycles. The van der Waals surface area contributed by atoms with Crippen molar-refractivity contribution in [3.8, 4) is 0 Å². The van der Waals surface area contributed by atoms with E-state index in [2.05, 4.69) is 73.4 Å². The fraction of sp³-hybridized carbons (Fsp3) is 0.833. The van der Waals surface area contributed by atoms with Crippen LogP contribution in [0.4, 0.5) is 0 Å². The van der Waals surface area contributed by atoms with Crippen LogP contribution in [0.5, 0.6) is 0 Å². The molecule has 0 amide bonds. The fourth-order valence-corrected chi connectivity index (χ4v) is 3.83. The van der Waals surface area contributed by atoms with Gasteiger partial charge in [0.1, 0.15) is 0 Å². The van der Waals surface area contributed by atoms with E-state index in [4.69, 9.17) is 0 Å². The summed E-state index contributed by atoms with van der Waals surface area (Å²) < 4.78 is 0. The summed E-state index contributed by atoms with van der Waals surface area (Å²) in [4.78, 5) is 0. The number of rotatable bonds is 2. The van der Waals surface area contributed by atoms with Crippen molar-refractivity contribution in [2.45, 2.75) is 41.5 Å². The maximum absolute atomic E-state index is 3.61. The zero-order valence-corrected chi connectivity index (χ0v) is 13.3. The number of hydrogen-bond acceptors (Lipinski definition) is 0. The van der Waals surface area contributed by atoms with E-state index in [1.54, 1.807) is 0 Å². The van der Waals surface area contributed by atoms with Gasteiger partial charge < -0.3 is 0 Å². The Kier molecular flexibility index (Phi) is 5.41. The second-order valence-electron chi connectivity index (χ2n) is 5.72. The molecule has 0 spiro atoms. The molecule has 0 unspecified atom stereocenters. The summed E-state index contributed by atoms with van der Waals surface area (Å²) in [6.07, 6.45) is 0. The molecule has 14 heavy (non-hydrogen) atoms. The van der Waals surface area contributed by atoms with Gasteiger partial charge in [-0.15, -0.1) is 0 Å². The number of alkyl halides is 2. The van der Waals surface area contributed by atoms with E-state index in [0.717, 1.165) is 10.7 Å². The fourth-order valence-electron chi connectivity index (χ4n) is 1.47. The predicted octanol–water partition coefficient (Wildman–Crippen LogP) is 5.17. The molecule has 2 heteroatoms. The van der Waals surface area contributed by atoms with Gasteiger partial charge in [-0.2, -0.15) is 0 Å². The molecule has 0 atom stereocenters. The summed E-state index contributed by atoms with van der Waals surface area (Å²) in [5, 5.41) is 1.93. The van der Waals surface area contributed by atoms with Crippen LogP contribution in [-0.2, 0) is 0 Å². The van der Waals surface area contributed by atoms with Gasteiger partial charge >= 0.3 is 0 Å². The van der Waals surface area contributed by atoms with E-state index in [1.165, 1.54) is 11.1 Å². The molecule has 0 aliphatic carbocycles. The normalized spacial score (nSPS) is 15.4. The zero-order chi connectivity index (χ0) is 11.6. The quantitative estimate of drug-likeness (QED) is 0.485. The van der Waals surface area contributed by atoms with Gasteiger partial charge in [0.15, 0.2) is 0 Å². The van der Waals surface area contributed by atoms with E-state index in [9.17, 15) is 0 Å². The third-order valence-corrected chi connectivity index (χ3v) is 3.56. The first-order valence-electron chi connectivity index (χ1n) is 4.99. The third-order valence-electron chi connectivity index (χ3n) is 2.44. The molecule has 0 saturated heterocycles. The Morgan fingerprint density at radius 3 is 1.00 bits per heavy atom. The maximum Gasteiger partial charge on any atom is 0.0250 e. The standard InChI is InChI=1S/C12H22Br2/c1-11(2,3)9(7-13)10(8-14)12(4,5)6/h7-8H2,1-6H3/b10-9+. The van der Waals surface area contributed by atoms with E-state index < -0.39 is 0 Å². The minimum Gasteiger partial charge on any atom is -0.0880 e. The Hall–Kier alpha value is 0.700. The highest BCUT2D eigenvalue weighted by atomic mass is 79.9. The topological polar surface area (TPSA) is 0 Å². The van der Waals surface area contributed by atoms with E-state index in [1.807, 2.05) is 0 Å². The lowest BCUT2D eigenvalue weighted by molar-refractivity contribution is 0.449. The zero-order valence-electron chi connectivity index (χ0n) is 10.2. The Morgan fingerprint density at radius 1 is 0.714 bits per heavy atom. The average molecular weight is 326 g/mol. The molecule has 0 aromatic heterocycles. The van der Waals surface area contributed by atoms with Crippen LogP contribution in [0.25, 0.3) is 0 Å². The lowest BCUT2D eigenvalue weighted by Gasteiger charge is -2.32. The Morgan fingerprint density at radius 2 is 0.929 bits per heavy atom. The summed E-state index contributed by atoms with van der Waals surface area (Å²) in [5.41, 5.74) is 3.53. The molecule has 0 saturated carbocycles. The SMILES string of the molecule is CC(C)(C)/C(CBr)=C(\CBr)C(C)(C)C. The summed E-state index contributed by atoms with van der Waals surface area (Å²) in [6.45, 7) is 13.7. The first kappa shape index (κ1) is 14.7. The van der Waals surface area contributed by atoms with E-state index in [-0.39, 0.29) is 10.8 Å². The molecule has 0 aromatic rings. The van der Waals surface area contributed by atoms with Crippen molar-refractivity contribution < 1.29 is 0 Å². The highest BCUT2D eigenvalue weighted by Crippen LogP contribution is 2.38. The lowest BCUT2D eigenvalue weighted by atomic mass is 9.76. The first-order valence-corrected chi connectivity index (χ1v) is 7.23. The lowest BCUT2D eigenvalue weighted by Crippen LogP contribution is -2.21. The van der Waals surface area contributed by atoms with Crippen molar-refractivity contribution >= 4 is 31.9 Å². The molecule has 0 nitrogen and oxygen atoms in total. The van der Waals surface area contributed by atoms with Gasteiger partial charge in [0, 0.05) is 10.7 Å². The summed E-state index contributed by atoms with van der Waals surface area (Å²) in [6, 6.07) is 0. The summed E-state index contributed by atoms with van der Waals surface area (Å²) in [5.74, 6) is 0. The molecule has 0 aliphatic heterocycles. The van der Waals surface area contributed by atoms with Crippen molar-refractivity contribution in [1.82, 2.24) is 0 Å². The van der Waals surface area contributed by atoms with Crippen LogP contribution in [-0.4, -0.2) is 10.7 Å². The van der Waals surface area contributed by atoms with Crippen LogP contribution < -0.4 is 0 Å². The van der Waals surface area contributed by atoms with E-state index >= 15 is 0 Å². The predicted molar refractivity (Wildman–Crippen MR) is 73.5 cm³/mol. The molecular formula is C12H22Br2. The second kappa shape index (κ2) is 5.16. The molecule has 84 valence electrons. The third kappa shape index (κ3) is 4.06. The van der Waals surface area contributed by atoms with Gasteiger partial charge in [-0.25, -0.2) is 0 Å². The minimum absolute atomic E-state index is 0.250. The van der Waals surface area contributed by atoms with Crippen LogP contribution in [0.3, 0.4) is 0 Å². The maximum atomic E-state index is 3.61. The summed E-state index contributed by atoms with van der Waals surface area (Å²) in [7, 11) is 0. The highest BCUT2D eigenvalue weighted by molar-refractivity contribution is 9.09. The molecule has 0 N–H and O–H groups in total. The van der Waals surface area contributed by atoms with E-state index in [0.29, 0.717) is 0 Å². The van der Waals surface area contributed by atoms with Crippen molar-refractivity contribution in [2.75, 3.05) is 10.7 Å². The molecule has 0 rings (SSSR count). The Labute approximate surface area is 106 Å². The van der Waals surface area contributed by atoms with Crippen molar-refractivity contribution in [1.29, 1.82) is 0 Å². The average Bonchev–Trinajstić information content (AvgIpc) is 1.94. The van der Waals surface area contributed by atoms with Crippen molar-refractivity contribution in [2.24, 2.45) is 10.8 Å². The molecule has 0 radical (unpaired) electrons. The first-order chi connectivity index (χ1) is 6.14. The van der Waals surface area contributed by atoms with Gasteiger partial charge in [0.25, 0.3) is 0 Å². The van der Waals surface area contributed by atoms with Crippen LogP contribution in [0, 0.1) is 10.8 Å². The van der Waals surface area contributed by atoms with Crippen LogP contribution in [0.1, 0.15) is 41.5 Å².